The third kappa shape index (κ3) is 3.63. The summed E-state index contributed by atoms with van der Waals surface area (Å²) in [5.74, 6) is -0.0638. The van der Waals surface area contributed by atoms with Crippen molar-refractivity contribution in [3.8, 4) is 0 Å². The van der Waals surface area contributed by atoms with Gasteiger partial charge in [0.2, 0.25) is 0 Å². The first-order valence-corrected chi connectivity index (χ1v) is 4.89. The summed E-state index contributed by atoms with van der Waals surface area (Å²) in [5, 5.41) is 11.5. The molecule has 1 aromatic heterocycles. The molecule has 5 nitrogen and oxygen atoms in total. The zero-order valence-corrected chi connectivity index (χ0v) is 8.90. The number of hydrogen-bond donors (Lipinski definition) is 2. The Hall–Kier alpha value is -1.49. The Morgan fingerprint density at radius 3 is 2.60 bits per heavy atom. The number of carboxylic acids is 1. The molecule has 0 aliphatic carbocycles. The number of carbonyl (C=O) groups is 1. The SMILES string of the molecule is CCc1ncc(CNC(C)C(=O)O)cn1. The molecule has 0 saturated carbocycles. The molecule has 15 heavy (non-hydrogen) atoms. The van der Waals surface area contributed by atoms with E-state index in [9.17, 15) is 4.79 Å². The molecule has 0 spiro atoms. The van der Waals surface area contributed by atoms with Crippen LogP contribution in [0.1, 0.15) is 25.2 Å². The number of nitrogens with zero attached hydrogens (tertiary/aromatic N) is 2. The second kappa shape index (κ2) is 5.41. The lowest BCUT2D eigenvalue weighted by Gasteiger charge is -2.08. The fourth-order valence-corrected chi connectivity index (χ4v) is 1.01. The molecular weight excluding hydrogens is 194 g/mol. The van der Waals surface area contributed by atoms with Crippen molar-refractivity contribution in [3.05, 3.63) is 23.8 Å². The average Bonchev–Trinajstić information content (AvgIpc) is 2.26. The summed E-state index contributed by atoms with van der Waals surface area (Å²) in [6.07, 6.45) is 4.24. The maximum Gasteiger partial charge on any atom is 0.320 e. The second-order valence-corrected chi connectivity index (χ2v) is 3.30. The Morgan fingerprint density at radius 1 is 1.53 bits per heavy atom. The third-order valence-corrected chi connectivity index (χ3v) is 2.06. The Labute approximate surface area is 88.6 Å². The molecule has 1 atom stereocenters. The van der Waals surface area contributed by atoms with E-state index in [-0.39, 0.29) is 0 Å². The molecule has 0 bridgehead atoms. The molecule has 0 saturated heterocycles. The highest BCUT2D eigenvalue weighted by Gasteiger charge is 2.09. The van der Waals surface area contributed by atoms with Gasteiger partial charge in [-0.15, -0.1) is 0 Å². The van der Waals surface area contributed by atoms with Crippen LogP contribution in [-0.2, 0) is 17.8 Å². The fourth-order valence-electron chi connectivity index (χ4n) is 1.01. The predicted octanol–water partition coefficient (Wildman–Crippen LogP) is 0.602. The highest BCUT2D eigenvalue weighted by molar-refractivity contribution is 5.72. The maximum atomic E-state index is 10.5. The quantitative estimate of drug-likeness (QED) is 0.742. The van der Waals surface area contributed by atoms with E-state index >= 15 is 0 Å². The van der Waals surface area contributed by atoms with Crippen LogP contribution in [0, 0.1) is 0 Å². The summed E-state index contributed by atoms with van der Waals surface area (Å²) in [5.41, 5.74) is 0.889. The molecule has 1 aromatic rings. The van der Waals surface area contributed by atoms with Crippen molar-refractivity contribution >= 4 is 5.97 Å². The van der Waals surface area contributed by atoms with Crippen LogP contribution in [0.4, 0.5) is 0 Å². The smallest absolute Gasteiger partial charge is 0.320 e. The summed E-state index contributed by atoms with van der Waals surface area (Å²) in [4.78, 5) is 18.8. The van der Waals surface area contributed by atoms with Gasteiger partial charge < -0.3 is 10.4 Å². The highest BCUT2D eigenvalue weighted by Crippen LogP contribution is 1.97. The lowest BCUT2D eigenvalue weighted by molar-refractivity contribution is -0.139. The summed E-state index contributed by atoms with van der Waals surface area (Å²) in [7, 11) is 0. The Bertz CT molecular complexity index is 324. The lowest BCUT2D eigenvalue weighted by atomic mass is 10.3. The average molecular weight is 209 g/mol. The molecule has 1 unspecified atom stereocenters. The summed E-state index contributed by atoms with van der Waals surface area (Å²) >= 11 is 0. The van der Waals surface area contributed by atoms with Gasteiger partial charge in [-0.1, -0.05) is 6.92 Å². The van der Waals surface area contributed by atoms with Crippen molar-refractivity contribution in [2.45, 2.75) is 32.9 Å². The van der Waals surface area contributed by atoms with E-state index in [1.54, 1.807) is 19.3 Å². The normalized spacial score (nSPS) is 12.4. The molecule has 5 heteroatoms. The largest absolute Gasteiger partial charge is 0.480 e. The van der Waals surface area contributed by atoms with Gasteiger partial charge in [0.1, 0.15) is 11.9 Å². The first-order valence-electron chi connectivity index (χ1n) is 4.89. The minimum absolute atomic E-state index is 0.470. The zero-order valence-electron chi connectivity index (χ0n) is 8.90. The van der Waals surface area contributed by atoms with Crippen LogP contribution in [0.2, 0.25) is 0 Å². The van der Waals surface area contributed by atoms with Gasteiger partial charge in [-0.3, -0.25) is 4.79 Å². The standard InChI is InChI=1S/C10H15N3O2/c1-3-9-12-5-8(6-13-9)4-11-7(2)10(14)15/h5-7,11H,3-4H2,1-2H3,(H,14,15). The van der Waals surface area contributed by atoms with Crippen molar-refractivity contribution in [2.24, 2.45) is 0 Å². The van der Waals surface area contributed by atoms with Crippen LogP contribution < -0.4 is 5.32 Å². The van der Waals surface area contributed by atoms with E-state index in [1.807, 2.05) is 6.92 Å². The van der Waals surface area contributed by atoms with Gasteiger partial charge in [0.05, 0.1) is 0 Å². The molecular formula is C10H15N3O2. The minimum atomic E-state index is -0.860. The van der Waals surface area contributed by atoms with Crippen LogP contribution in [0.3, 0.4) is 0 Å². The summed E-state index contributed by atoms with van der Waals surface area (Å²) in [6.45, 7) is 4.06. The molecule has 0 aliphatic heterocycles. The van der Waals surface area contributed by atoms with Crippen molar-refractivity contribution in [1.29, 1.82) is 0 Å². The minimum Gasteiger partial charge on any atom is -0.480 e. The second-order valence-electron chi connectivity index (χ2n) is 3.30. The molecule has 1 heterocycles. The van der Waals surface area contributed by atoms with Crippen molar-refractivity contribution < 1.29 is 9.90 Å². The van der Waals surface area contributed by atoms with Gasteiger partial charge in [0.15, 0.2) is 0 Å². The van der Waals surface area contributed by atoms with Gasteiger partial charge in [-0.2, -0.15) is 0 Å². The third-order valence-electron chi connectivity index (χ3n) is 2.06. The Kier molecular flexibility index (Phi) is 4.17. The highest BCUT2D eigenvalue weighted by atomic mass is 16.4. The number of rotatable bonds is 5. The molecule has 0 aromatic carbocycles. The van der Waals surface area contributed by atoms with E-state index in [1.165, 1.54) is 0 Å². The number of aliphatic carboxylic acids is 1. The van der Waals surface area contributed by atoms with Gasteiger partial charge in [-0.25, -0.2) is 9.97 Å². The van der Waals surface area contributed by atoms with E-state index in [2.05, 4.69) is 15.3 Å². The van der Waals surface area contributed by atoms with Gasteiger partial charge in [0.25, 0.3) is 0 Å². The molecule has 1 rings (SSSR count). The van der Waals surface area contributed by atoms with Gasteiger partial charge >= 0.3 is 5.97 Å². The van der Waals surface area contributed by atoms with E-state index in [4.69, 9.17) is 5.11 Å². The molecule has 82 valence electrons. The van der Waals surface area contributed by atoms with Gasteiger partial charge in [0, 0.05) is 30.9 Å². The molecule has 0 aliphatic rings. The summed E-state index contributed by atoms with van der Waals surface area (Å²) < 4.78 is 0. The van der Waals surface area contributed by atoms with E-state index in [0.29, 0.717) is 6.54 Å². The van der Waals surface area contributed by atoms with Crippen molar-refractivity contribution in [3.63, 3.8) is 0 Å². The predicted molar refractivity (Wildman–Crippen MR) is 55.3 cm³/mol. The van der Waals surface area contributed by atoms with E-state index < -0.39 is 12.0 Å². The maximum absolute atomic E-state index is 10.5. The number of carboxylic acid groups (broad SMARTS) is 1. The first-order chi connectivity index (χ1) is 7.13. The van der Waals surface area contributed by atoms with Gasteiger partial charge in [-0.05, 0) is 6.92 Å². The van der Waals surface area contributed by atoms with Crippen LogP contribution in [0.25, 0.3) is 0 Å². The number of hydrogen-bond acceptors (Lipinski definition) is 4. The first kappa shape index (κ1) is 11.6. The van der Waals surface area contributed by atoms with Crippen molar-refractivity contribution in [2.75, 3.05) is 0 Å². The molecule has 2 N–H and O–H groups in total. The Morgan fingerprint density at radius 2 is 2.13 bits per heavy atom. The molecule has 0 radical (unpaired) electrons. The lowest BCUT2D eigenvalue weighted by Crippen LogP contribution is -2.33. The van der Waals surface area contributed by atoms with Crippen molar-refractivity contribution in [1.82, 2.24) is 15.3 Å². The van der Waals surface area contributed by atoms with Crippen LogP contribution >= 0.6 is 0 Å². The number of nitrogens with one attached hydrogen (secondary N) is 1. The van der Waals surface area contributed by atoms with E-state index in [0.717, 1.165) is 17.8 Å². The summed E-state index contributed by atoms with van der Waals surface area (Å²) in [6, 6.07) is -0.559. The Balaban J connectivity index is 2.47. The van der Waals surface area contributed by atoms with Crippen LogP contribution in [0.15, 0.2) is 12.4 Å². The number of aromatic nitrogens is 2. The molecule has 0 amide bonds. The van der Waals surface area contributed by atoms with Crippen LogP contribution in [-0.4, -0.2) is 27.1 Å². The molecule has 0 fully saturated rings. The zero-order chi connectivity index (χ0) is 11.3. The van der Waals surface area contributed by atoms with Crippen LogP contribution in [0.5, 0.6) is 0 Å². The monoisotopic (exact) mass is 209 g/mol. The fraction of sp³-hybridized carbons (Fsp3) is 0.500. The number of aryl methyl sites for hydroxylation is 1. The topological polar surface area (TPSA) is 75.1 Å².